The van der Waals surface area contributed by atoms with E-state index < -0.39 is 10.0 Å². The van der Waals surface area contributed by atoms with Crippen LogP contribution < -0.4 is 10.5 Å². The summed E-state index contributed by atoms with van der Waals surface area (Å²) in [5.41, 5.74) is 0.415. The van der Waals surface area contributed by atoms with E-state index in [1.807, 2.05) is 7.05 Å². The Morgan fingerprint density at radius 2 is 2.09 bits per heavy atom. The van der Waals surface area contributed by atoms with Gasteiger partial charge in [-0.05, 0) is 44.8 Å². The molecule has 1 fully saturated rings. The minimum atomic E-state index is -3.72. The average Bonchev–Trinajstić information content (AvgIpc) is 2.95. The molecule has 0 aliphatic carbocycles. The van der Waals surface area contributed by atoms with Crippen LogP contribution in [0.3, 0.4) is 0 Å². The van der Waals surface area contributed by atoms with E-state index in [0.717, 1.165) is 50.2 Å². The first-order chi connectivity index (χ1) is 9.91. The number of nitrogens with two attached hydrogens (primary N) is 1. The summed E-state index contributed by atoms with van der Waals surface area (Å²) in [6.45, 7) is 2.46. The zero-order valence-electron chi connectivity index (χ0n) is 12.4. The molecule has 0 aromatic carbocycles. The lowest BCUT2D eigenvalue weighted by atomic mass is 9.93. The molecule has 1 saturated heterocycles. The number of amides is 1. The van der Waals surface area contributed by atoms with Crippen molar-refractivity contribution in [1.29, 1.82) is 0 Å². The third-order valence-electron chi connectivity index (χ3n) is 3.81. The number of carbonyl (C=O) groups is 1. The molecule has 6 nitrogen and oxygen atoms in total. The molecule has 0 spiro atoms. The quantitative estimate of drug-likeness (QED) is 0.819. The Morgan fingerprint density at radius 1 is 1.45 bits per heavy atom. The molecule has 1 amide bonds. The normalized spacial score (nSPS) is 16.4. The Balaban J connectivity index is 0.00000242. The highest BCUT2D eigenvalue weighted by molar-refractivity contribution is 7.91. The molecular formula is C13H22ClN3O3S2. The molecule has 0 radical (unpaired) electrons. The number of halogens is 1. The average molecular weight is 368 g/mol. The molecule has 1 aromatic heterocycles. The van der Waals surface area contributed by atoms with Gasteiger partial charge in [0.05, 0.1) is 5.56 Å². The number of likely N-dealkylation sites (tertiary alicyclic amines) is 1. The third kappa shape index (κ3) is 4.92. The fraction of sp³-hybridized carbons (Fsp3) is 0.615. The second-order valence-corrected chi connectivity index (χ2v) is 8.03. The van der Waals surface area contributed by atoms with Crippen molar-refractivity contribution >= 4 is 39.7 Å². The highest BCUT2D eigenvalue weighted by Gasteiger charge is 2.25. The van der Waals surface area contributed by atoms with Gasteiger partial charge in [-0.3, -0.25) is 4.79 Å². The van der Waals surface area contributed by atoms with Crippen molar-refractivity contribution in [3.8, 4) is 0 Å². The second-order valence-electron chi connectivity index (χ2n) is 5.33. The van der Waals surface area contributed by atoms with E-state index in [0.29, 0.717) is 11.5 Å². The smallest absolute Gasteiger partial charge is 0.254 e. The van der Waals surface area contributed by atoms with E-state index in [1.165, 1.54) is 6.07 Å². The second kappa shape index (κ2) is 8.26. The predicted molar refractivity (Wildman–Crippen MR) is 90.1 cm³/mol. The first-order valence-electron chi connectivity index (χ1n) is 6.97. The Bertz CT molecular complexity index is 595. The van der Waals surface area contributed by atoms with Crippen LogP contribution in [0.25, 0.3) is 0 Å². The molecule has 1 aliphatic heterocycles. The molecule has 0 saturated carbocycles. The van der Waals surface area contributed by atoms with Gasteiger partial charge in [-0.1, -0.05) is 0 Å². The van der Waals surface area contributed by atoms with Crippen LogP contribution in [0.15, 0.2) is 15.7 Å². The number of carbonyl (C=O) groups excluding carboxylic acids is 1. The summed E-state index contributed by atoms with van der Waals surface area (Å²) in [6.07, 6.45) is 3.13. The maximum absolute atomic E-state index is 12.3. The highest BCUT2D eigenvalue weighted by Crippen LogP contribution is 2.24. The lowest BCUT2D eigenvalue weighted by Crippen LogP contribution is -2.38. The SMILES string of the molecule is CNCCC1CCN(C(=O)c2csc(S(N)(=O)=O)c2)CC1.Cl. The van der Waals surface area contributed by atoms with Crippen molar-refractivity contribution in [3.63, 3.8) is 0 Å². The van der Waals surface area contributed by atoms with Gasteiger partial charge in [0.1, 0.15) is 4.21 Å². The number of hydrogen-bond acceptors (Lipinski definition) is 5. The van der Waals surface area contributed by atoms with Gasteiger partial charge < -0.3 is 10.2 Å². The van der Waals surface area contributed by atoms with Crippen molar-refractivity contribution in [2.45, 2.75) is 23.5 Å². The predicted octanol–water partition coefficient (Wildman–Crippen LogP) is 1.28. The van der Waals surface area contributed by atoms with E-state index in [-0.39, 0.29) is 22.5 Å². The number of nitrogens with one attached hydrogen (secondary N) is 1. The summed E-state index contributed by atoms with van der Waals surface area (Å²) in [5, 5.41) is 9.77. The van der Waals surface area contributed by atoms with Gasteiger partial charge in [0, 0.05) is 18.5 Å². The molecule has 3 N–H and O–H groups in total. The number of rotatable bonds is 5. The van der Waals surface area contributed by atoms with Crippen molar-refractivity contribution in [1.82, 2.24) is 10.2 Å². The Labute approximate surface area is 141 Å². The Morgan fingerprint density at radius 3 is 2.59 bits per heavy atom. The minimum Gasteiger partial charge on any atom is -0.339 e. The maximum Gasteiger partial charge on any atom is 0.254 e. The molecule has 0 unspecified atom stereocenters. The molecule has 2 rings (SSSR count). The van der Waals surface area contributed by atoms with Crippen LogP contribution in [0.4, 0.5) is 0 Å². The summed E-state index contributed by atoms with van der Waals surface area (Å²) >= 11 is 0.992. The molecule has 22 heavy (non-hydrogen) atoms. The number of nitrogens with zero attached hydrogens (tertiary/aromatic N) is 1. The van der Waals surface area contributed by atoms with Crippen LogP contribution in [0.2, 0.25) is 0 Å². The van der Waals surface area contributed by atoms with E-state index >= 15 is 0 Å². The van der Waals surface area contributed by atoms with Crippen LogP contribution in [-0.4, -0.2) is 45.9 Å². The van der Waals surface area contributed by atoms with E-state index in [2.05, 4.69) is 5.32 Å². The van der Waals surface area contributed by atoms with Crippen molar-refractivity contribution in [2.24, 2.45) is 11.1 Å². The summed E-state index contributed by atoms with van der Waals surface area (Å²) in [4.78, 5) is 14.1. The third-order valence-corrected chi connectivity index (χ3v) is 6.19. The van der Waals surface area contributed by atoms with E-state index in [9.17, 15) is 13.2 Å². The molecular weight excluding hydrogens is 346 g/mol. The number of hydrogen-bond donors (Lipinski definition) is 2. The number of primary sulfonamides is 1. The van der Waals surface area contributed by atoms with Gasteiger partial charge in [0.15, 0.2) is 0 Å². The Kier molecular flexibility index (Phi) is 7.27. The number of sulfonamides is 1. The van der Waals surface area contributed by atoms with Crippen LogP contribution in [0.5, 0.6) is 0 Å². The van der Waals surface area contributed by atoms with Crippen molar-refractivity contribution in [2.75, 3.05) is 26.7 Å². The fourth-order valence-corrected chi connectivity index (χ4v) is 4.11. The molecule has 0 bridgehead atoms. The van der Waals surface area contributed by atoms with Crippen LogP contribution in [0.1, 0.15) is 29.6 Å². The lowest BCUT2D eigenvalue weighted by molar-refractivity contribution is 0.0687. The monoisotopic (exact) mass is 367 g/mol. The van der Waals surface area contributed by atoms with Gasteiger partial charge in [0.25, 0.3) is 5.91 Å². The zero-order chi connectivity index (χ0) is 15.5. The largest absolute Gasteiger partial charge is 0.339 e. The minimum absolute atomic E-state index is 0. The Hall–Kier alpha value is -0.670. The lowest BCUT2D eigenvalue weighted by Gasteiger charge is -2.31. The topological polar surface area (TPSA) is 92.5 Å². The summed E-state index contributed by atoms with van der Waals surface area (Å²) < 4.78 is 22.5. The van der Waals surface area contributed by atoms with Crippen LogP contribution in [-0.2, 0) is 10.0 Å². The summed E-state index contributed by atoms with van der Waals surface area (Å²) in [7, 11) is -1.78. The van der Waals surface area contributed by atoms with Crippen molar-refractivity contribution < 1.29 is 13.2 Å². The fourth-order valence-electron chi connectivity index (χ4n) is 2.53. The van der Waals surface area contributed by atoms with Gasteiger partial charge >= 0.3 is 0 Å². The molecule has 2 heterocycles. The summed E-state index contributed by atoms with van der Waals surface area (Å²) in [5.74, 6) is 0.553. The number of thiophene rings is 1. The molecule has 9 heteroatoms. The molecule has 0 atom stereocenters. The standard InChI is InChI=1S/C13H21N3O3S2.ClH/c1-15-5-2-10-3-6-16(7-4-10)13(17)11-8-12(20-9-11)21(14,18)19;/h8-10,15H,2-7H2,1H3,(H2,14,18,19);1H. The molecule has 1 aromatic rings. The van der Waals surface area contributed by atoms with Gasteiger partial charge in [-0.25, -0.2) is 13.6 Å². The first kappa shape index (κ1) is 19.4. The number of piperidine rings is 1. The zero-order valence-corrected chi connectivity index (χ0v) is 14.9. The van der Waals surface area contributed by atoms with Crippen LogP contribution in [0, 0.1) is 5.92 Å². The highest BCUT2D eigenvalue weighted by atomic mass is 35.5. The van der Waals surface area contributed by atoms with E-state index in [4.69, 9.17) is 5.14 Å². The van der Waals surface area contributed by atoms with Gasteiger partial charge in [0.2, 0.25) is 10.0 Å². The molecule has 126 valence electrons. The van der Waals surface area contributed by atoms with Crippen LogP contribution >= 0.6 is 23.7 Å². The maximum atomic E-state index is 12.3. The van der Waals surface area contributed by atoms with E-state index in [1.54, 1.807) is 10.3 Å². The van der Waals surface area contributed by atoms with Gasteiger partial charge in [-0.2, -0.15) is 0 Å². The summed E-state index contributed by atoms with van der Waals surface area (Å²) in [6, 6.07) is 1.37. The van der Waals surface area contributed by atoms with Gasteiger partial charge in [-0.15, -0.1) is 23.7 Å². The van der Waals surface area contributed by atoms with Crippen molar-refractivity contribution in [3.05, 3.63) is 17.0 Å². The molecule has 1 aliphatic rings. The first-order valence-corrected chi connectivity index (χ1v) is 9.39.